The van der Waals surface area contributed by atoms with E-state index in [0.29, 0.717) is 17.5 Å². The first-order valence-electron chi connectivity index (χ1n) is 6.27. The summed E-state index contributed by atoms with van der Waals surface area (Å²) >= 11 is 0. The number of ether oxygens (including phenoxy) is 1. The summed E-state index contributed by atoms with van der Waals surface area (Å²) in [5.41, 5.74) is 7.89. The molecule has 0 spiro atoms. The molecule has 0 saturated carbocycles. The number of aryl methyl sites for hydroxylation is 1. The van der Waals surface area contributed by atoms with Crippen molar-refractivity contribution in [3.8, 4) is 17.2 Å². The highest BCUT2D eigenvalue weighted by molar-refractivity contribution is 5.63. The zero-order valence-corrected chi connectivity index (χ0v) is 11.7. The maximum atomic E-state index is 6.00. The summed E-state index contributed by atoms with van der Waals surface area (Å²) in [5.74, 6) is 1.84. The van der Waals surface area contributed by atoms with E-state index in [-0.39, 0.29) is 12.0 Å². The second-order valence-corrected chi connectivity index (χ2v) is 4.92. The minimum Gasteiger partial charge on any atom is -0.496 e. The second kappa shape index (κ2) is 5.40. The van der Waals surface area contributed by atoms with Gasteiger partial charge < -0.3 is 14.9 Å². The van der Waals surface area contributed by atoms with Crippen LogP contribution in [0.4, 0.5) is 0 Å². The van der Waals surface area contributed by atoms with E-state index in [4.69, 9.17) is 14.9 Å². The molecule has 1 aromatic heterocycles. The van der Waals surface area contributed by atoms with Gasteiger partial charge in [0.2, 0.25) is 5.89 Å². The smallest absolute Gasteiger partial charge is 0.251 e. The number of benzene rings is 1. The summed E-state index contributed by atoms with van der Waals surface area (Å²) in [6.45, 7) is 6.03. The van der Waals surface area contributed by atoms with Crippen molar-refractivity contribution >= 4 is 0 Å². The Hall–Kier alpha value is -1.88. The van der Waals surface area contributed by atoms with Crippen LogP contribution in [0.1, 0.15) is 31.3 Å². The van der Waals surface area contributed by atoms with Crippen molar-refractivity contribution in [3.63, 3.8) is 0 Å². The molecule has 0 aliphatic heterocycles. The molecule has 102 valence electrons. The Labute approximate surface area is 112 Å². The zero-order chi connectivity index (χ0) is 14.0. The van der Waals surface area contributed by atoms with E-state index in [0.717, 1.165) is 11.1 Å². The number of aromatic nitrogens is 2. The molecule has 0 amide bonds. The van der Waals surface area contributed by atoms with Gasteiger partial charge in [0.15, 0.2) is 0 Å². The summed E-state index contributed by atoms with van der Waals surface area (Å²) in [7, 11) is 1.62. The maximum Gasteiger partial charge on any atom is 0.251 e. The number of rotatable bonds is 4. The molecular weight excluding hydrogens is 242 g/mol. The summed E-state index contributed by atoms with van der Waals surface area (Å²) < 4.78 is 11.0. The van der Waals surface area contributed by atoms with Crippen LogP contribution in [-0.2, 0) is 0 Å². The Bertz CT molecular complexity index is 564. The van der Waals surface area contributed by atoms with E-state index >= 15 is 0 Å². The standard InChI is InChI=1S/C14H19N3O2/c1-8(2)12(15)14-17-16-13(19-14)10-7-9(3)5-6-11(10)18-4/h5-8,12H,15H2,1-4H3. The fraction of sp³-hybridized carbons (Fsp3) is 0.429. The Morgan fingerprint density at radius 2 is 2.00 bits per heavy atom. The topological polar surface area (TPSA) is 74.2 Å². The van der Waals surface area contributed by atoms with E-state index in [1.165, 1.54) is 0 Å². The fourth-order valence-corrected chi connectivity index (χ4v) is 1.75. The largest absolute Gasteiger partial charge is 0.496 e. The van der Waals surface area contributed by atoms with Crippen molar-refractivity contribution in [2.24, 2.45) is 11.7 Å². The van der Waals surface area contributed by atoms with Gasteiger partial charge in [0, 0.05) is 0 Å². The Morgan fingerprint density at radius 1 is 1.26 bits per heavy atom. The van der Waals surface area contributed by atoms with Crippen molar-refractivity contribution < 1.29 is 9.15 Å². The predicted molar refractivity (Wildman–Crippen MR) is 72.8 cm³/mol. The third kappa shape index (κ3) is 2.76. The van der Waals surface area contributed by atoms with Gasteiger partial charge in [0.1, 0.15) is 5.75 Å². The quantitative estimate of drug-likeness (QED) is 0.915. The fourth-order valence-electron chi connectivity index (χ4n) is 1.75. The highest BCUT2D eigenvalue weighted by atomic mass is 16.5. The highest BCUT2D eigenvalue weighted by Crippen LogP contribution is 2.31. The maximum absolute atomic E-state index is 6.00. The van der Waals surface area contributed by atoms with Crippen LogP contribution in [0.3, 0.4) is 0 Å². The molecule has 19 heavy (non-hydrogen) atoms. The highest BCUT2D eigenvalue weighted by Gasteiger charge is 2.20. The van der Waals surface area contributed by atoms with Crippen molar-refractivity contribution in [2.75, 3.05) is 7.11 Å². The van der Waals surface area contributed by atoms with Gasteiger partial charge in [-0.15, -0.1) is 10.2 Å². The summed E-state index contributed by atoms with van der Waals surface area (Å²) in [6, 6.07) is 5.56. The third-order valence-electron chi connectivity index (χ3n) is 3.03. The number of methoxy groups -OCH3 is 1. The number of nitrogens with two attached hydrogens (primary N) is 1. The molecule has 2 aromatic rings. The number of nitrogens with zero attached hydrogens (tertiary/aromatic N) is 2. The molecule has 2 rings (SSSR count). The molecule has 5 heteroatoms. The van der Waals surface area contributed by atoms with Gasteiger partial charge in [0.25, 0.3) is 5.89 Å². The van der Waals surface area contributed by atoms with Gasteiger partial charge >= 0.3 is 0 Å². The molecule has 5 nitrogen and oxygen atoms in total. The van der Waals surface area contributed by atoms with Crippen molar-refractivity contribution in [1.29, 1.82) is 0 Å². The molecule has 0 fully saturated rings. The SMILES string of the molecule is COc1ccc(C)cc1-c1nnc(C(N)C(C)C)o1. The van der Waals surface area contributed by atoms with Crippen LogP contribution in [0.25, 0.3) is 11.5 Å². The van der Waals surface area contributed by atoms with Crippen LogP contribution >= 0.6 is 0 Å². The first kappa shape index (κ1) is 13.5. The van der Waals surface area contributed by atoms with Crippen molar-refractivity contribution in [1.82, 2.24) is 10.2 Å². The number of hydrogen-bond donors (Lipinski definition) is 1. The molecule has 0 aliphatic carbocycles. The molecular formula is C14H19N3O2. The summed E-state index contributed by atoms with van der Waals surface area (Å²) in [6.07, 6.45) is 0. The van der Waals surface area contributed by atoms with Gasteiger partial charge in [-0.05, 0) is 25.0 Å². The summed E-state index contributed by atoms with van der Waals surface area (Å²) in [4.78, 5) is 0. The average Bonchev–Trinajstić information content (AvgIpc) is 2.87. The van der Waals surface area contributed by atoms with Gasteiger partial charge in [-0.1, -0.05) is 25.5 Å². The Kier molecular flexibility index (Phi) is 3.85. The van der Waals surface area contributed by atoms with E-state index in [9.17, 15) is 0 Å². The minimum absolute atomic E-state index is 0.243. The summed E-state index contributed by atoms with van der Waals surface area (Å²) in [5, 5.41) is 8.08. The van der Waals surface area contributed by atoms with E-state index < -0.39 is 0 Å². The molecule has 2 N–H and O–H groups in total. The first-order valence-corrected chi connectivity index (χ1v) is 6.27. The number of hydrogen-bond acceptors (Lipinski definition) is 5. The second-order valence-electron chi connectivity index (χ2n) is 4.92. The molecule has 1 heterocycles. The molecule has 1 unspecified atom stereocenters. The third-order valence-corrected chi connectivity index (χ3v) is 3.03. The van der Waals surface area contributed by atoms with Crippen molar-refractivity contribution in [2.45, 2.75) is 26.8 Å². The lowest BCUT2D eigenvalue weighted by Gasteiger charge is -2.10. The van der Waals surface area contributed by atoms with E-state index in [1.807, 2.05) is 39.0 Å². The monoisotopic (exact) mass is 261 g/mol. The molecule has 0 saturated heterocycles. The minimum atomic E-state index is -0.253. The first-order chi connectivity index (χ1) is 9.02. The Balaban J connectivity index is 2.40. The van der Waals surface area contributed by atoms with Gasteiger partial charge in [-0.3, -0.25) is 0 Å². The van der Waals surface area contributed by atoms with Crippen LogP contribution in [0.5, 0.6) is 5.75 Å². The van der Waals surface area contributed by atoms with Crippen LogP contribution in [0.2, 0.25) is 0 Å². The lowest BCUT2D eigenvalue weighted by Crippen LogP contribution is -2.16. The van der Waals surface area contributed by atoms with Crippen LogP contribution in [0, 0.1) is 12.8 Å². The molecule has 1 atom stereocenters. The Morgan fingerprint density at radius 3 is 2.63 bits per heavy atom. The lowest BCUT2D eigenvalue weighted by atomic mass is 10.1. The predicted octanol–water partition coefficient (Wildman–Crippen LogP) is 2.71. The molecule has 0 aliphatic rings. The van der Waals surface area contributed by atoms with Crippen LogP contribution in [-0.4, -0.2) is 17.3 Å². The van der Waals surface area contributed by atoms with E-state index in [2.05, 4.69) is 10.2 Å². The average molecular weight is 261 g/mol. The molecule has 0 bridgehead atoms. The van der Waals surface area contributed by atoms with Gasteiger partial charge in [-0.2, -0.15) is 0 Å². The molecule has 0 radical (unpaired) electrons. The van der Waals surface area contributed by atoms with Gasteiger partial charge in [-0.25, -0.2) is 0 Å². The van der Waals surface area contributed by atoms with E-state index in [1.54, 1.807) is 7.11 Å². The van der Waals surface area contributed by atoms with Crippen LogP contribution in [0.15, 0.2) is 22.6 Å². The zero-order valence-electron chi connectivity index (χ0n) is 11.7. The van der Waals surface area contributed by atoms with Crippen molar-refractivity contribution in [3.05, 3.63) is 29.7 Å². The lowest BCUT2D eigenvalue weighted by molar-refractivity contribution is 0.390. The van der Waals surface area contributed by atoms with Gasteiger partial charge in [0.05, 0.1) is 18.7 Å². The normalized spacial score (nSPS) is 12.7. The van der Waals surface area contributed by atoms with Crippen LogP contribution < -0.4 is 10.5 Å². The molecule has 1 aromatic carbocycles.